The molecule has 0 aromatic carbocycles. The minimum atomic E-state index is -1.87. The lowest BCUT2D eigenvalue weighted by atomic mass is 9.91. The van der Waals surface area contributed by atoms with Crippen LogP contribution in [0.5, 0.6) is 0 Å². The SMILES string of the molecule is CC(=O)ON1C(C)(C)CC(O[N+](=O)[O-])C(O[N+](=O)[O-])C(O[N+](=O)[O-])C1(C)C. The van der Waals surface area contributed by atoms with Gasteiger partial charge in [-0.15, -0.1) is 35.4 Å². The summed E-state index contributed by atoms with van der Waals surface area (Å²) in [6.45, 7) is 6.78. The molecule has 0 saturated carbocycles. The third-order valence-electron chi connectivity index (χ3n) is 3.98. The fourth-order valence-corrected chi connectivity index (χ4v) is 3.27. The van der Waals surface area contributed by atoms with Crippen molar-refractivity contribution in [2.75, 3.05) is 0 Å². The van der Waals surface area contributed by atoms with E-state index in [4.69, 9.17) is 4.84 Å². The fraction of sp³-hybridized carbons (Fsp3) is 0.917. The molecule has 0 amide bonds. The van der Waals surface area contributed by atoms with Gasteiger partial charge in [-0.25, -0.2) is 0 Å². The van der Waals surface area contributed by atoms with Gasteiger partial charge in [0.1, 0.15) is 6.10 Å². The van der Waals surface area contributed by atoms with Crippen molar-refractivity contribution in [3.05, 3.63) is 30.3 Å². The molecule has 3 atom stereocenters. The van der Waals surface area contributed by atoms with E-state index in [1.54, 1.807) is 0 Å². The Morgan fingerprint density at radius 2 is 1.44 bits per heavy atom. The molecule has 0 radical (unpaired) electrons. The molecule has 0 N–H and O–H groups in total. The summed E-state index contributed by atoms with van der Waals surface area (Å²) in [7, 11) is 0. The van der Waals surface area contributed by atoms with Crippen LogP contribution in [0.15, 0.2) is 0 Å². The van der Waals surface area contributed by atoms with Crippen molar-refractivity contribution in [1.82, 2.24) is 5.06 Å². The number of hydrogen-bond donors (Lipinski definition) is 0. The third-order valence-corrected chi connectivity index (χ3v) is 3.98. The van der Waals surface area contributed by atoms with Gasteiger partial charge in [-0.2, -0.15) is 0 Å². The molecule has 27 heavy (non-hydrogen) atoms. The zero-order valence-electron chi connectivity index (χ0n) is 15.2. The molecule has 0 aliphatic carbocycles. The highest BCUT2D eigenvalue weighted by atomic mass is 17.0. The van der Waals surface area contributed by atoms with E-state index >= 15 is 0 Å². The monoisotopic (exact) mass is 396 g/mol. The molecular formula is C12H20N4O11. The van der Waals surface area contributed by atoms with E-state index in [-0.39, 0.29) is 6.42 Å². The lowest BCUT2D eigenvalue weighted by molar-refractivity contribution is -0.817. The molecule has 1 aliphatic heterocycles. The summed E-state index contributed by atoms with van der Waals surface area (Å²) in [5.41, 5.74) is -2.79. The molecule has 1 heterocycles. The number of hydroxylamine groups is 2. The minimum Gasteiger partial charge on any atom is -0.367 e. The van der Waals surface area contributed by atoms with Crippen molar-refractivity contribution < 1.29 is 39.4 Å². The zero-order chi connectivity index (χ0) is 21.2. The molecule has 154 valence electrons. The maximum absolute atomic E-state index is 11.5. The largest absolute Gasteiger partial charge is 0.367 e. The van der Waals surface area contributed by atoms with Gasteiger partial charge >= 0.3 is 5.97 Å². The third kappa shape index (κ3) is 5.25. The molecule has 1 fully saturated rings. The molecule has 15 nitrogen and oxygen atoms in total. The molecule has 1 saturated heterocycles. The standard InChI is InChI=1S/C12H20N4O11/c1-7(17)24-13-11(2,3)6-8(25-14(18)19)9(26-15(20)21)10(12(13,4)5)27-16(22)23/h8-10H,6H2,1-5H3. The first-order valence-electron chi connectivity index (χ1n) is 7.61. The van der Waals surface area contributed by atoms with Crippen LogP contribution in [-0.4, -0.2) is 55.7 Å². The average Bonchev–Trinajstić information content (AvgIpc) is 2.49. The normalized spacial score (nSPS) is 26.9. The van der Waals surface area contributed by atoms with Crippen molar-refractivity contribution in [3.63, 3.8) is 0 Å². The van der Waals surface area contributed by atoms with Crippen molar-refractivity contribution in [1.29, 1.82) is 0 Å². The topological polar surface area (TPSA) is 187 Å². The van der Waals surface area contributed by atoms with E-state index in [0.717, 1.165) is 12.0 Å². The maximum Gasteiger partial charge on any atom is 0.322 e. The molecule has 1 rings (SSSR count). The Morgan fingerprint density at radius 3 is 1.85 bits per heavy atom. The highest BCUT2D eigenvalue weighted by Gasteiger charge is 2.58. The second-order valence-electron chi connectivity index (χ2n) is 6.96. The minimum absolute atomic E-state index is 0.319. The molecule has 0 spiro atoms. The van der Waals surface area contributed by atoms with E-state index in [1.807, 2.05) is 0 Å². The van der Waals surface area contributed by atoms with Gasteiger partial charge in [0, 0.05) is 6.92 Å². The molecule has 0 aromatic rings. The van der Waals surface area contributed by atoms with Gasteiger partial charge in [-0.3, -0.25) is 4.79 Å². The second-order valence-corrected chi connectivity index (χ2v) is 6.96. The van der Waals surface area contributed by atoms with E-state index < -0.39 is 50.6 Å². The predicted octanol–water partition coefficient (Wildman–Crippen LogP) is 0.458. The van der Waals surface area contributed by atoms with Crippen molar-refractivity contribution >= 4 is 5.97 Å². The first-order chi connectivity index (χ1) is 12.2. The van der Waals surface area contributed by atoms with E-state index in [0.29, 0.717) is 0 Å². The van der Waals surface area contributed by atoms with E-state index in [1.165, 1.54) is 27.7 Å². The van der Waals surface area contributed by atoms with Crippen LogP contribution in [0, 0.1) is 30.3 Å². The van der Waals surface area contributed by atoms with Crippen molar-refractivity contribution in [2.24, 2.45) is 0 Å². The summed E-state index contributed by atoms with van der Waals surface area (Å²) in [6.07, 6.45) is -5.61. The lowest BCUT2D eigenvalue weighted by Gasteiger charge is -2.46. The van der Waals surface area contributed by atoms with Crippen LogP contribution in [0.3, 0.4) is 0 Å². The Hall–Kier alpha value is -2.97. The quantitative estimate of drug-likeness (QED) is 0.428. The Bertz CT molecular complexity index is 622. The summed E-state index contributed by atoms with van der Waals surface area (Å²) in [6, 6.07) is 0. The smallest absolute Gasteiger partial charge is 0.322 e. The Morgan fingerprint density at radius 1 is 0.963 bits per heavy atom. The predicted molar refractivity (Wildman–Crippen MR) is 82.0 cm³/mol. The van der Waals surface area contributed by atoms with Gasteiger partial charge in [-0.05, 0) is 34.1 Å². The van der Waals surface area contributed by atoms with Gasteiger partial charge in [-0.1, -0.05) is 0 Å². The molecule has 0 bridgehead atoms. The van der Waals surface area contributed by atoms with Gasteiger partial charge in [0.05, 0.1) is 11.1 Å². The van der Waals surface area contributed by atoms with E-state index in [9.17, 15) is 35.1 Å². The van der Waals surface area contributed by atoms with E-state index in [2.05, 4.69) is 14.5 Å². The van der Waals surface area contributed by atoms with Crippen LogP contribution in [-0.2, 0) is 24.1 Å². The van der Waals surface area contributed by atoms with Gasteiger partial charge in [0.2, 0.25) is 0 Å². The van der Waals surface area contributed by atoms with Crippen molar-refractivity contribution in [3.8, 4) is 0 Å². The molecule has 1 aliphatic rings. The lowest BCUT2D eigenvalue weighted by Crippen LogP contribution is -2.62. The van der Waals surface area contributed by atoms with Crippen LogP contribution in [0.4, 0.5) is 0 Å². The maximum atomic E-state index is 11.5. The fourth-order valence-electron chi connectivity index (χ4n) is 3.27. The molecule has 15 heteroatoms. The van der Waals surface area contributed by atoms with Gasteiger partial charge < -0.3 is 19.4 Å². The highest BCUT2D eigenvalue weighted by molar-refractivity contribution is 5.65. The summed E-state index contributed by atoms with van der Waals surface area (Å²) >= 11 is 0. The van der Waals surface area contributed by atoms with Gasteiger partial charge in [0.25, 0.3) is 15.3 Å². The number of carbonyl (C=O) groups is 1. The van der Waals surface area contributed by atoms with Crippen molar-refractivity contribution in [2.45, 2.75) is 70.4 Å². The number of nitrogens with zero attached hydrogens (tertiary/aromatic N) is 4. The number of carbonyl (C=O) groups excluding carboxylic acids is 1. The first kappa shape index (κ1) is 22.1. The Kier molecular flexibility index (Phi) is 6.32. The molecule has 3 unspecified atom stereocenters. The summed E-state index contributed by atoms with van der Waals surface area (Å²) in [4.78, 5) is 63.0. The molecular weight excluding hydrogens is 376 g/mol. The summed E-state index contributed by atoms with van der Waals surface area (Å²) in [5, 5.41) is 30.1. The van der Waals surface area contributed by atoms with Gasteiger partial charge in [0.15, 0.2) is 12.2 Å². The average molecular weight is 396 g/mol. The van der Waals surface area contributed by atoms with Crippen LogP contribution >= 0.6 is 0 Å². The van der Waals surface area contributed by atoms with Crippen LogP contribution < -0.4 is 0 Å². The Balaban J connectivity index is 3.58. The summed E-state index contributed by atoms with van der Waals surface area (Å²) in [5.74, 6) is -0.781. The van der Waals surface area contributed by atoms with Crippen LogP contribution in [0.2, 0.25) is 0 Å². The van der Waals surface area contributed by atoms with Crippen LogP contribution in [0.1, 0.15) is 41.0 Å². The number of hydrogen-bond acceptors (Lipinski definition) is 12. The highest BCUT2D eigenvalue weighted by Crippen LogP contribution is 2.41. The van der Waals surface area contributed by atoms with Crippen LogP contribution in [0.25, 0.3) is 0 Å². The molecule has 0 aromatic heterocycles. The number of rotatable bonds is 7. The first-order valence-corrected chi connectivity index (χ1v) is 7.61. The second kappa shape index (κ2) is 7.73. The zero-order valence-corrected chi connectivity index (χ0v) is 15.2. The summed E-state index contributed by atoms with van der Waals surface area (Å²) < 4.78 is 0. The Labute approximate surface area is 152 Å².